The van der Waals surface area contributed by atoms with Gasteiger partial charge in [-0.05, 0) is 54.3 Å². The van der Waals surface area contributed by atoms with E-state index in [1.165, 1.54) is 0 Å². The van der Waals surface area contributed by atoms with Gasteiger partial charge in [0, 0.05) is 0 Å². The molecule has 3 nitrogen and oxygen atoms in total. The highest BCUT2D eigenvalue weighted by molar-refractivity contribution is 5.42. The van der Waals surface area contributed by atoms with Crippen molar-refractivity contribution in [1.29, 1.82) is 0 Å². The lowest BCUT2D eigenvalue weighted by molar-refractivity contribution is 0.176. The average Bonchev–Trinajstić information content (AvgIpc) is 2.46. The summed E-state index contributed by atoms with van der Waals surface area (Å²) in [5.74, 6) is 2.00. The third kappa shape index (κ3) is 2.36. The van der Waals surface area contributed by atoms with Crippen LogP contribution in [0, 0.1) is 0 Å². The van der Waals surface area contributed by atoms with Gasteiger partial charge in [-0.3, -0.25) is 0 Å². The smallest absolute Gasteiger partial charge is 0.124 e. The molecule has 1 aliphatic rings. The van der Waals surface area contributed by atoms with Gasteiger partial charge < -0.3 is 14.6 Å². The van der Waals surface area contributed by atoms with Gasteiger partial charge in [0.1, 0.15) is 23.4 Å². The Balaban J connectivity index is 1.86. The molecule has 1 unspecified atom stereocenters. The predicted molar refractivity (Wildman–Crippen MR) is 72.8 cm³/mol. The molecule has 0 amide bonds. The molecule has 1 aliphatic heterocycles. The summed E-state index contributed by atoms with van der Waals surface area (Å²) in [7, 11) is 1.67. The molecule has 1 N–H and O–H groups in total. The lowest BCUT2D eigenvalue weighted by Gasteiger charge is -2.26. The van der Waals surface area contributed by atoms with Gasteiger partial charge in [-0.15, -0.1) is 0 Å². The molecule has 19 heavy (non-hydrogen) atoms. The van der Waals surface area contributed by atoms with E-state index >= 15 is 0 Å². The molecule has 98 valence electrons. The third-order valence-electron chi connectivity index (χ3n) is 3.45. The highest BCUT2D eigenvalue weighted by Gasteiger charge is 2.21. The maximum Gasteiger partial charge on any atom is 0.124 e. The van der Waals surface area contributed by atoms with Crippen molar-refractivity contribution >= 4 is 0 Å². The summed E-state index contributed by atoms with van der Waals surface area (Å²) in [6, 6.07) is 13.2. The molecule has 0 aromatic heterocycles. The second-order valence-corrected chi connectivity index (χ2v) is 4.71. The zero-order chi connectivity index (χ0) is 13.2. The Morgan fingerprint density at radius 3 is 2.95 bits per heavy atom. The van der Waals surface area contributed by atoms with E-state index in [1.54, 1.807) is 19.2 Å². The van der Waals surface area contributed by atoms with Crippen LogP contribution in [-0.2, 0) is 6.42 Å². The number of rotatable bonds is 2. The van der Waals surface area contributed by atoms with Crippen molar-refractivity contribution in [3.63, 3.8) is 0 Å². The van der Waals surface area contributed by atoms with E-state index < -0.39 is 0 Å². The van der Waals surface area contributed by atoms with Crippen molar-refractivity contribution in [2.75, 3.05) is 7.11 Å². The molecule has 0 aliphatic carbocycles. The minimum absolute atomic E-state index is 0.0483. The Labute approximate surface area is 112 Å². The Kier molecular flexibility index (Phi) is 3.03. The fourth-order valence-electron chi connectivity index (χ4n) is 2.45. The van der Waals surface area contributed by atoms with Gasteiger partial charge in [-0.25, -0.2) is 0 Å². The van der Waals surface area contributed by atoms with E-state index in [2.05, 4.69) is 6.07 Å². The van der Waals surface area contributed by atoms with Gasteiger partial charge >= 0.3 is 0 Å². The highest BCUT2D eigenvalue weighted by atomic mass is 16.5. The Hall–Kier alpha value is -2.16. The van der Waals surface area contributed by atoms with E-state index in [4.69, 9.17) is 9.47 Å². The predicted octanol–water partition coefficient (Wildman–Crippen LogP) is 3.47. The van der Waals surface area contributed by atoms with Gasteiger partial charge in [-0.2, -0.15) is 0 Å². The summed E-state index contributed by atoms with van der Waals surface area (Å²) >= 11 is 0. The first-order chi connectivity index (χ1) is 9.26. The van der Waals surface area contributed by atoms with E-state index in [1.807, 2.05) is 24.3 Å². The van der Waals surface area contributed by atoms with E-state index in [0.717, 1.165) is 35.5 Å². The summed E-state index contributed by atoms with van der Waals surface area (Å²) in [4.78, 5) is 0. The highest BCUT2D eigenvalue weighted by Crippen LogP contribution is 2.37. The lowest BCUT2D eigenvalue weighted by atomic mass is 9.97. The standard InChI is InChI=1S/C16H16O3/c1-18-14-4-2-3-11(10-14)15-7-5-12-9-13(17)6-8-16(12)19-15/h2-4,6,8-10,15,17H,5,7H2,1H3. The number of hydrogen-bond donors (Lipinski definition) is 1. The first-order valence-corrected chi connectivity index (χ1v) is 6.39. The maximum absolute atomic E-state index is 9.47. The van der Waals surface area contributed by atoms with Crippen LogP contribution in [0.5, 0.6) is 17.2 Å². The third-order valence-corrected chi connectivity index (χ3v) is 3.45. The van der Waals surface area contributed by atoms with Crippen molar-refractivity contribution in [2.24, 2.45) is 0 Å². The van der Waals surface area contributed by atoms with Crippen LogP contribution in [0.25, 0.3) is 0 Å². The topological polar surface area (TPSA) is 38.7 Å². The second kappa shape index (κ2) is 4.84. The quantitative estimate of drug-likeness (QED) is 0.894. The fourth-order valence-corrected chi connectivity index (χ4v) is 2.45. The van der Waals surface area contributed by atoms with Gasteiger partial charge in [0.05, 0.1) is 7.11 Å². The van der Waals surface area contributed by atoms with Crippen LogP contribution in [0.4, 0.5) is 0 Å². The number of hydrogen-bond acceptors (Lipinski definition) is 3. The lowest BCUT2D eigenvalue weighted by Crippen LogP contribution is -2.15. The normalized spacial score (nSPS) is 17.4. The largest absolute Gasteiger partial charge is 0.508 e. The van der Waals surface area contributed by atoms with Crippen LogP contribution in [0.1, 0.15) is 23.7 Å². The number of ether oxygens (including phenoxy) is 2. The molecule has 0 fully saturated rings. The molecular weight excluding hydrogens is 240 g/mol. The van der Waals surface area contributed by atoms with Crippen molar-refractivity contribution < 1.29 is 14.6 Å². The van der Waals surface area contributed by atoms with Crippen LogP contribution in [-0.4, -0.2) is 12.2 Å². The second-order valence-electron chi connectivity index (χ2n) is 4.71. The van der Waals surface area contributed by atoms with Crippen molar-refractivity contribution in [2.45, 2.75) is 18.9 Å². The molecule has 3 heteroatoms. The molecule has 3 rings (SSSR count). The summed E-state index contributed by atoms with van der Waals surface area (Å²) in [5.41, 5.74) is 2.19. The minimum atomic E-state index is 0.0483. The van der Waals surface area contributed by atoms with Crippen molar-refractivity contribution in [1.82, 2.24) is 0 Å². The summed E-state index contributed by atoms with van der Waals surface area (Å²) in [6.07, 6.45) is 1.86. The van der Waals surface area contributed by atoms with Crippen LogP contribution in [0.15, 0.2) is 42.5 Å². The number of fused-ring (bicyclic) bond motifs is 1. The zero-order valence-corrected chi connectivity index (χ0v) is 10.8. The van der Waals surface area contributed by atoms with E-state index in [-0.39, 0.29) is 6.10 Å². The maximum atomic E-state index is 9.47. The summed E-state index contributed by atoms with van der Waals surface area (Å²) < 4.78 is 11.2. The van der Waals surface area contributed by atoms with Gasteiger partial charge in [0.15, 0.2) is 0 Å². The Bertz CT molecular complexity index is 592. The van der Waals surface area contributed by atoms with Gasteiger partial charge in [-0.1, -0.05) is 12.1 Å². The van der Waals surface area contributed by atoms with E-state index in [0.29, 0.717) is 5.75 Å². The zero-order valence-electron chi connectivity index (χ0n) is 10.8. The molecule has 1 heterocycles. The van der Waals surface area contributed by atoms with Crippen LogP contribution in [0.2, 0.25) is 0 Å². The number of benzene rings is 2. The van der Waals surface area contributed by atoms with Crippen LogP contribution in [0.3, 0.4) is 0 Å². The summed E-state index contributed by atoms with van der Waals surface area (Å²) in [5, 5.41) is 9.47. The first kappa shape index (κ1) is 11.9. The van der Waals surface area contributed by atoms with Crippen molar-refractivity contribution in [3.05, 3.63) is 53.6 Å². The number of aromatic hydroxyl groups is 1. The molecule has 0 saturated carbocycles. The monoisotopic (exact) mass is 256 g/mol. The molecule has 0 spiro atoms. The number of aryl methyl sites for hydroxylation is 1. The SMILES string of the molecule is COc1cccc(C2CCc3cc(O)ccc3O2)c1. The molecular formula is C16H16O3. The summed E-state index contributed by atoms with van der Waals surface area (Å²) in [6.45, 7) is 0. The Morgan fingerprint density at radius 2 is 2.11 bits per heavy atom. The number of phenols is 1. The Morgan fingerprint density at radius 1 is 1.21 bits per heavy atom. The van der Waals surface area contributed by atoms with Gasteiger partial charge in [0.25, 0.3) is 0 Å². The van der Waals surface area contributed by atoms with Crippen molar-refractivity contribution in [3.8, 4) is 17.2 Å². The average molecular weight is 256 g/mol. The molecule has 2 aromatic rings. The number of phenolic OH excluding ortho intramolecular Hbond substituents is 1. The molecule has 1 atom stereocenters. The molecule has 0 radical (unpaired) electrons. The van der Waals surface area contributed by atoms with Crippen LogP contribution >= 0.6 is 0 Å². The first-order valence-electron chi connectivity index (χ1n) is 6.39. The van der Waals surface area contributed by atoms with Crippen LogP contribution < -0.4 is 9.47 Å². The molecule has 0 saturated heterocycles. The van der Waals surface area contributed by atoms with Gasteiger partial charge in [0.2, 0.25) is 0 Å². The fraction of sp³-hybridized carbons (Fsp3) is 0.250. The van der Waals surface area contributed by atoms with E-state index in [9.17, 15) is 5.11 Å². The number of methoxy groups -OCH3 is 1. The minimum Gasteiger partial charge on any atom is -0.508 e. The molecule has 2 aromatic carbocycles. The molecule has 0 bridgehead atoms.